The maximum Gasteiger partial charge on any atom is 0.0449 e. The SMILES string of the molecule is CNC(CCO)c1ccccc1I.Cl. The van der Waals surface area contributed by atoms with E-state index in [1.807, 2.05) is 19.2 Å². The normalized spacial score (nSPS) is 11.9. The Bertz CT molecular complexity index is 270. The average Bonchev–Trinajstić information content (AvgIpc) is 2.16. The van der Waals surface area contributed by atoms with Crippen molar-refractivity contribution in [3.8, 4) is 0 Å². The third-order valence-electron chi connectivity index (χ3n) is 2.05. The van der Waals surface area contributed by atoms with E-state index < -0.39 is 0 Å². The van der Waals surface area contributed by atoms with Crippen molar-refractivity contribution in [3.05, 3.63) is 33.4 Å². The maximum absolute atomic E-state index is 8.88. The summed E-state index contributed by atoms with van der Waals surface area (Å²) in [6.07, 6.45) is 0.760. The zero-order valence-electron chi connectivity index (χ0n) is 8.03. The number of aliphatic hydroxyl groups excluding tert-OH is 1. The van der Waals surface area contributed by atoms with Gasteiger partial charge in [-0.2, -0.15) is 0 Å². The molecule has 0 radical (unpaired) electrons. The third-order valence-corrected chi connectivity index (χ3v) is 3.03. The van der Waals surface area contributed by atoms with Gasteiger partial charge in [0.1, 0.15) is 0 Å². The molecule has 2 N–H and O–H groups in total. The Morgan fingerprint density at radius 3 is 2.57 bits per heavy atom. The van der Waals surface area contributed by atoms with Gasteiger partial charge in [-0.05, 0) is 47.7 Å². The fraction of sp³-hybridized carbons (Fsp3) is 0.400. The van der Waals surface area contributed by atoms with Crippen LogP contribution in [0.4, 0.5) is 0 Å². The summed E-state index contributed by atoms with van der Waals surface area (Å²) in [5.41, 5.74) is 1.26. The van der Waals surface area contributed by atoms with E-state index in [2.05, 4.69) is 40.0 Å². The molecule has 0 heterocycles. The van der Waals surface area contributed by atoms with Crippen LogP contribution in [0.5, 0.6) is 0 Å². The van der Waals surface area contributed by atoms with Gasteiger partial charge in [0.2, 0.25) is 0 Å². The second-order valence-electron chi connectivity index (χ2n) is 2.88. The van der Waals surface area contributed by atoms with Crippen LogP contribution >= 0.6 is 35.0 Å². The van der Waals surface area contributed by atoms with Gasteiger partial charge in [0.25, 0.3) is 0 Å². The summed E-state index contributed by atoms with van der Waals surface area (Å²) < 4.78 is 1.24. The van der Waals surface area contributed by atoms with Gasteiger partial charge in [-0.25, -0.2) is 0 Å². The van der Waals surface area contributed by atoms with E-state index in [-0.39, 0.29) is 25.1 Å². The van der Waals surface area contributed by atoms with E-state index in [4.69, 9.17) is 5.11 Å². The summed E-state index contributed by atoms with van der Waals surface area (Å²) in [6.45, 7) is 0.219. The van der Waals surface area contributed by atoms with Crippen molar-refractivity contribution in [1.29, 1.82) is 0 Å². The number of aliphatic hydroxyl groups is 1. The molecule has 0 aliphatic rings. The molecular formula is C10H15ClINO. The molecule has 2 nitrogen and oxygen atoms in total. The molecule has 1 unspecified atom stereocenters. The van der Waals surface area contributed by atoms with Gasteiger partial charge in [-0.3, -0.25) is 0 Å². The van der Waals surface area contributed by atoms with Crippen LogP contribution in [0.25, 0.3) is 0 Å². The predicted molar refractivity (Wildman–Crippen MR) is 69.9 cm³/mol. The zero-order valence-corrected chi connectivity index (χ0v) is 11.0. The van der Waals surface area contributed by atoms with Crippen molar-refractivity contribution in [2.45, 2.75) is 12.5 Å². The Morgan fingerprint density at radius 1 is 1.43 bits per heavy atom. The first-order valence-corrected chi connectivity index (χ1v) is 5.40. The van der Waals surface area contributed by atoms with Gasteiger partial charge in [0.05, 0.1) is 0 Å². The van der Waals surface area contributed by atoms with Gasteiger partial charge in [0, 0.05) is 16.2 Å². The van der Waals surface area contributed by atoms with Crippen molar-refractivity contribution >= 4 is 35.0 Å². The number of rotatable bonds is 4. The van der Waals surface area contributed by atoms with Crippen LogP contribution in [-0.2, 0) is 0 Å². The van der Waals surface area contributed by atoms with Crippen LogP contribution in [0.15, 0.2) is 24.3 Å². The lowest BCUT2D eigenvalue weighted by Crippen LogP contribution is -2.18. The fourth-order valence-electron chi connectivity index (χ4n) is 1.34. The first-order valence-electron chi connectivity index (χ1n) is 4.32. The fourth-order valence-corrected chi connectivity index (χ4v) is 2.11. The van der Waals surface area contributed by atoms with E-state index in [1.165, 1.54) is 9.13 Å². The summed E-state index contributed by atoms with van der Waals surface area (Å²) >= 11 is 2.32. The standard InChI is InChI=1S/C10H14INO.ClH/c1-12-10(6-7-13)8-4-2-3-5-9(8)11;/h2-5,10,12-13H,6-7H2,1H3;1H. The lowest BCUT2D eigenvalue weighted by Gasteiger charge is -2.16. The van der Waals surface area contributed by atoms with Crippen molar-refractivity contribution in [2.24, 2.45) is 0 Å². The van der Waals surface area contributed by atoms with E-state index >= 15 is 0 Å². The van der Waals surface area contributed by atoms with Crippen LogP contribution < -0.4 is 5.32 Å². The first kappa shape index (κ1) is 14.2. The second kappa shape index (κ2) is 7.45. The van der Waals surface area contributed by atoms with Crippen LogP contribution in [0, 0.1) is 3.57 Å². The molecule has 0 aromatic heterocycles. The number of hydrogen-bond acceptors (Lipinski definition) is 2. The number of halogens is 2. The molecule has 0 spiro atoms. The largest absolute Gasteiger partial charge is 0.396 e. The van der Waals surface area contributed by atoms with E-state index in [1.54, 1.807) is 0 Å². The van der Waals surface area contributed by atoms with Gasteiger partial charge in [0.15, 0.2) is 0 Å². The topological polar surface area (TPSA) is 32.3 Å². The van der Waals surface area contributed by atoms with E-state index in [0.717, 1.165) is 6.42 Å². The molecule has 0 aliphatic carbocycles. The van der Waals surface area contributed by atoms with Crippen molar-refractivity contribution in [1.82, 2.24) is 5.32 Å². The Kier molecular flexibility index (Phi) is 7.54. The van der Waals surface area contributed by atoms with Gasteiger partial charge >= 0.3 is 0 Å². The summed E-state index contributed by atoms with van der Waals surface area (Å²) in [4.78, 5) is 0. The maximum atomic E-state index is 8.88. The second-order valence-corrected chi connectivity index (χ2v) is 4.04. The van der Waals surface area contributed by atoms with Gasteiger partial charge < -0.3 is 10.4 Å². The highest BCUT2D eigenvalue weighted by Gasteiger charge is 2.10. The molecule has 1 rings (SSSR count). The number of benzene rings is 1. The molecule has 0 amide bonds. The minimum Gasteiger partial charge on any atom is -0.396 e. The van der Waals surface area contributed by atoms with Gasteiger partial charge in [-0.1, -0.05) is 18.2 Å². The summed E-state index contributed by atoms with van der Waals surface area (Å²) in [7, 11) is 1.92. The number of nitrogens with one attached hydrogen (secondary N) is 1. The zero-order chi connectivity index (χ0) is 9.68. The molecule has 4 heteroatoms. The minimum absolute atomic E-state index is 0. The van der Waals surface area contributed by atoms with Crippen LogP contribution in [0.1, 0.15) is 18.0 Å². The quantitative estimate of drug-likeness (QED) is 0.832. The summed E-state index contributed by atoms with van der Waals surface area (Å²) in [5, 5.41) is 12.1. The Hall–Kier alpha value is 0.160. The third kappa shape index (κ3) is 3.73. The monoisotopic (exact) mass is 327 g/mol. The van der Waals surface area contributed by atoms with Gasteiger partial charge in [-0.15, -0.1) is 12.4 Å². The molecule has 1 aromatic carbocycles. The highest BCUT2D eigenvalue weighted by Crippen LogP contribution is 2.21. The van der Waals surface area contributed by atoms with Crippen LogP contribution in [-0.4, -0.2) is 18.8 Å². The highest BCUT2D eigenvalue weighted by molar-refractivity contribution is 14.1. The lowest BCUT2D eigenvalue weighted by atomic mass is 10.0. The van der Waals surface area contributed by atoms with Crippen LogP contribution in [0.3, 0.4) is 0 Å². The van der Waals surface area contributed by atoms with Crippen molar-refractivity contribution < 1.29 is 5.11 Å². The molecule has 0 saturated carbocycles. The van der Waals surface area contributed by atoms with Crippen molar-refractivity contribution in [2.75, 3.05) is 13.7 Å². The molecular weight excluding hydrogens is 312 g/mol. The minimum atomic E-state index is 0. The molecule has 0 bridgehead atoms. The van der Waals surface area contributed by atoms with Crippen molar-refractivity contribution in [3.63, 3.8) is 0 Å². The Balaban J connectivity index is 0.00000169. The predicted octanol–water partition coefficient (Wildman–Crippen LogP) is 2.36. The summed E-state index contributed by atoms with van der Waals surface area (Å²) in [6, 6.07) is 8.49. The molecule has 0 aliphatic heterocycles. The molecule has 0 fully saturated rings. The average molecular weight is 328 g/mol. The first-order chi connectivity index (χ1) is 6.29. The molecule has 80 valence electrons. The molecule has 14 heavy (non-hydrogen) atoms. The highest BCUT2D eigenvalue weighted by atomic mass is 127. The smallest absolute Gasteiger partial charge is 0.0449 e. The van der Waals surface area contributed by atoms with E-state index in [9.17, 15) is 0 Å². The summed E-state index contributed by atoms with van der Waals surface area (Å²) in [5.74, 6) is 0. The van der Waals surface area contributed by atoms with Crippen LogP contribution in [0.2, 0.25) is 0 Å². The Labute approximate surface area is 105 Å². The van der Waals surface area contributed by atoms with E-state index in [0.29, 0.717) is 0 Å². The number of hydrogen-bond donors (Lipinski definition) is 2. The lowest BCUT2D eigenvalue weighted by molar-refractivity contribution is 0.268. The molecule has 1 aromatic rings. The molecule has 1 atom stereocenters. The Morgan fingerprint density at radius 2 is 2.07 bits per heavy atom. The molecule has 0 saturated heterocycles.